The predicted molar refractivity (Wildman–Crippen MR) is 102 cm³/mol. The number of nitrogens with zero attached hydrogens (tertiary/aromatic N) is 1. The van der Waals surface area contributed by atoms with Crippen LogP contribution in [-0.2, 0) is 16.1 Å². The molecule has 28 heavy (non-hydrogen) atoms. The van der Waals surface area contributed by atoms with Crippen molar-refractivity contribution in [2.75, 3.05) is 13.1 Å². The Bertz CT molecular complexity index is 870. The second-order valence-corrected chi connectivity index (χ2v) is 7.53. The maximum absolute atomic E-state index is 14.0. The van der Waals surface area contributed by atoms with E-state index in [0.717, 1.165) is 5.56 Å². The van der Waals surface area contributed by atoms with Gasteiger partial charge in [0, 0.05) is 19.0 Å². The number of benzene rings is 2. The number of hydrogen-bond donors (Lipinski definition) is 1. The van der Waals surface area contributed by atoms with Crippen LogP contribution in [0.25, 0.3) is 0 Å². The third-order valence-corrected chi connectivity index (χ3v) is 5.53. The Morgan fingerprint density at radius 3 is 2.61 bits per heavy atom. The summed E-state index contributed by atoms with van der Waals surface area (Å²) in [7, 11) is 0. The molecule has 6 heteroatoms. The Kier molecular flexibility index (Phi) is 5.68. The highest BCUT2D eigenvalue weighted by atomic mass is 19.1. The zero-order chi connectivity index (χ0) is 20.3. The number of rotatable bonds is 4. The second kappa shape index (κ2) is 8.00. The zero-order valence-corrected chi connectivity index (χ0v) is 16.0. The molecule has 1 saturated heterocycles. The van der Waals surface area contributed by atoms with Crippen LogP contribution in [-0.4, -0.2) is 35.2 Å². The van der Waals surface area contributed by atoms with Crippen LogP contribution in [0.1, 0.15) is 36.0 Å². The maximum atomic E-state index is 14.0. The molecule has 0 spiro atoms. The Labute approximate surface area is 163 Å². The quantitative estimate of drug-likeness (QED) is 0.850. The molecule has 148 valence electrons. The summed E-state index contributed by atoms with van der Waals surface area (Å²) in [6.07, 6.45) is -0.115. The molecule has 2 aromatic carbocycles. The number of likely N-dealkylation sites (tertiary alicyclic amines) is 1. The molecule has 1 fully saturated rings. The van der Waals surface area contributed by atoms with Gasteiger partial charge in [-0.2, -0.15) is 0 Å². The lowest BCUT2D eigenvalue weighted by Crippen LogP contribution is -2.52. The first-order valence-corrected chi connectivity index (χ1v) is 9.26. The number of carbonyl (C=O) groups is 2. The number of carboxylic acid groups (broad SMARTS) is 1. The van der Waals surface area contributed by atoms with E-state index in [1.807, 2.05) is 30.3 Å². The van der Waals surface area contributed by atoms with Crippen molar-refractivity contribution in [3.8, 4) is 0 Å². The molecular weight excluding hydrogens is 361 g/mol. The van der Waals surface area contributed by atoms with E-state index in [-0.39, 0.29) is 19.0 Å². The van der Waals surface area contributed by atoms with Crippen LogP contribution >= 0.6 is 0 Å². The number of aryl methyl sites for hydroxylation is 1. The summed E-state index contributed by atoms with van der Waals surface area (Å²) in [5.74, 6) is -1.76. The van der Waals surface area contributed by atoms with Gasteiger partial charge in [-0.05, 0) is 43.0 Å². The third kappa shape index (κ3) is 4.01. The van der Waals surface area contributed by atoms with Crippen LogP contribution in [0.15, 0.2) is 48.5 Å². The van der Waals surface area contributed by atoms with Crippen LogP contribution in [0.4, 0.5) is 9.18 Å². The molecule has 0 radical (unpaired) electrons. The fraction of sp³-hybridized carbons (Fsp3) is 0.364. The fourth-order valence-corrected chi connectivity index (χ4v) is 3.73. The first-order valence-electron chi connectivity index (χ1n) is 9.26. The second-order valence-electron chi connectivity index (χ2n) is 7.53. The standard InChI is InChI=1S/C22H24FNO4/c1-15-8-9-17(12-19(15)23)18-10-11-24(14-22(18,2)20(25)26)21(27)28-13-16-6-4-3-5-7-16/h3-9,12,18H,10-11,13-14H2,1-2H3,(H,25,26). The molecule has 2 unspecified atom stereocenters. The monoisotopic (exact) mass is 385 g/mol. The van der Waals surface area contributed by atoms with Crippen LogP contribution in [0.3, 0.4) is 0 Å². The van der Waals surface area contributed by atoms with E-state index in [1.54, 1.807) is 26.0 Å². The van der Waals surface area contributed by atoms with E-state index in [1.165, 1.54) is 11.0 Å². The summed E-state index contributed by atoms with van der Waals surface area (Å²) in [5.41, 5.74) is 0.793. The van der Waals surface area contributed by atoms with Crippen molar-refractivity contribution in [2.45, 2.75) is 32.8 Å². The van der Waals surface area contributed by atoms with Crippen molar-refractivity contribution >= 4 is 12.1 Å². The number of hydrogen-bond acceptors (Lipinski definition) is 3. The van der Waals surface area contributed by atoms with Crippen molar-refractivity contribution in [3.63, 3.8) is 0 Å². The number of halogens is 1. The fourth-order valence-electron chi connectivity index (χ4n) is 3.73. The van der Waals surface area contributed by atoms with Gasteiger partial charge in [0.05, 0.1) is 5.41 Å². The molecule has 0 aromatic heterocycles. The highest BCUT2D eigenvalue weighted by Crippen LogP contribution is 2.43. The van der Waals surface area contributed by atoms with Crippen LogP contribution < -0.4 is 0 Å². The molecule has 1 heterocycles. The maximum Gasteiger partial charge on any atom is 0.410 e. The summed E-state index contributed by atoms with van der Waals surface area (Å²) < 4.78 is 19.4. The first kappa shape index (κ1) is 19.9. The summed E-state index contributed by atoms with van der Waals surface area (Å²) in [6.45, 7) is 3.77. The Balaban J connectivity index is 1.74. The average Bonchev–Trinajstić information content (AvgIpc) is 2.69. The molecule has 1 N–H and O–H groups in total. The number of piperidine rings is 1. The van der Waals surface area contributed by atoms with E-state index in [2.05, 4.69) is 0 Å². The molecule has 0 bridgehead atoms. The normalized spacial score (nSPS) is 22.0. The van der Waals surface area contributed by atoms with Gasteiger partial charge in [-0.1, -0.05) is 42.5 Å². The minimum Gasteiger partial charge on any atom is -0.481 e. The Morgan fingerprint density at radius 2 is 1.96 bits per heavy atom. The van der Waals surface area contributed by atoms with E-state index in [4.69, 9.17) is 4.74 Å². The summed E-state index contributed by atoms with van der Waals surface area (Å²) in [6, 6.07) is 14.1. The number of ether oxygens (including phenoxy) is 1. The molecule has 5 nitrogen and oxygen atoms in total. The summed E-state index contributed by atoms with van der Waals surface area (Å²) in [4.78, 5) is 26.0. The van der Waals surface area contributed by atoms with Gasteiger partial charge in [-0.25, -0.2) is 9.18 Å². The predicted octanol–water partition coefficient (Wildman–Crippen LogP) is 4.35. The molecular formula is C22H24FNO4. The van der Waals surface area contributed by atoms with Gasteiger partial charge in [0.2, 0.25) is 0 Å². The van der Waals surface area contributed by atoms with Gasteiger partial charge in [0.25, 0.3) is 0 Å². The van der Waals surface area contributed by atoms with Gasteiger partial charge in [0.1, 0.15) is 12.4 Å². The third-order valence-electron chi connectivity index (χ3n) is 5.53. The van der Waals surface area contributed by atoms with Crippen molar-refractivity contribution in [1.29, 1.82) is 0 Å². The summed E-state index contributed by atoms with van der Waals surface area (Å²) >= 11 is 0. The van der Waals surface area contributed by atoms with Crippen molar-refractivity contribution in [2.24, 2.45) is 5.41 Å². The molecule has 3 rings (SSSR count). The van der Waals surface area contributed by atoms with Gasteiger partial charge in [-0.15, -0.1) is 0 Å². The molecule has 2 aromatic rings. The SMILES string of the molecule is Cc1ccc(C2CCN(C(=O)OCc3ccccc3)CC2(C)C(=O)O)cc1F. The largest absolute Gasteiger partial charge is 0.481 e. The highest BCUT2D eigenvalue weighted by Gasteiger charge is 2.48. The van der Waals surface area contributed by atoms with E-state index >= 15 is 0 Å². The smallest absolute Gasteiger partial charge is 0.410 e. The van der Waals surface area contributed by atoms with Gasteiger partial charge < -0.3 is 14.7 Å². The van der Waals surface area contributed by atoms with Crippen molar-refractivity contribution in [1.82, 2.24) is 4.90 Å². The Hall–Kier alpha value is -2.89. The number of carboxylic acids is 1. The average molecular weight is 385 g/mol. The topological polar surface area (TPSA) is 66.8 Å². The first-order chi connectivity index (χ1) is 13.3. The van der Waals surface area contributed by atoms with Crippen LogP contribution in [0.5, 0.6) is 0 Å². The lowest BCUT2D eigenvalue weighted by Gasteiger charge is -2.43. The van der Waals surface area contributed by atoms with Crippen molar-refractivity contribution in [3.05, 3.63) is 71.0 Å². The molecule has 2 atom stereocenters. The van der Waals surface area contributed by atoms with Gasteiger partial charge in [0.15, 0.2) is 0 Å². The van der Waals surface area contributed by atoms with E-state index < -0.39 is 23.4 Å². The minimum absolute atomic E-state index is 0.0100. The van der Waals surface area contributed by atoms with E-state index in [0.29, 0.717) is 24.1 Å². The van der Waals surface area contributed by atoms with Crippen molar-refractivity contribution < 1.29 is 23.8 Å². The lowest BCUT2D eigenvalue weighted by atomic mass is 9.69. The van der Waals surface area contributed by atoms with Gasteiger partial charge in [-0.3, -0.25) is 4.79 Å². The zero-order valence-electron chi connectivity index (χ0n) is 16.0. The molecule has 1 aliphatic rings. The minimum atomic E-state index is -1.23. The van der Waals surface area contributed by atoms with Crippen LogP contribution in [0.2, 0.25) is 0 Å². The molecule has 0 saturated carbocycles. The number of amides is 1. The van der Waals surface area contributed by atoms with E-state index in [9.17, 15) is 19.1 Å². The number of aliphatic carboxylic acids is 1. The molecule has 1 aliphatic heterocycles. The lowest BCUT2D eigenvalue weighted by molar-refractivity contribution is -0.152. The molecule has 1 amide bonds. The van der Waals surface area contributed by atoms with Gasteiger partial charge >= 0.3 is 12.1 Å². The van der Waals surface area contributed by atoms with Crippen LogP contribution in [0, 0.1) is 18.2 Å². The number of carbonyl (C=O) groups excluding carboxylic acids is 1. The Morgan fingerprint density at radius 1 is 1.25 bits per heavy atom. The highest BCUT2D eigenvalue weighted by molar-refractivity contribution is 5.78. The molecule has 0 aliphatic carbocycles. The summed E-state index contributed by atoms with van der Waals surface area (Å²) in [5, 5.41) is 9.89.